The minimum Gasteiger partial charge on any atom is -0.507 e. The molecule has 8 heteroatoms. The van der Waals surface area contributed by atoms with E-state index in [0.29, 0.717) is 35.0 Å². The van der Waals surface area contributed by atoms with Gasteiger partial charge in [-0.1, -0.05) is 12.1 Å². The number of ether oxygens (including phenoxy) is 4. The number of carbonyl (C=O) groups is 2. The lowest BCUT2D eigenvalue weighted by atomic mass is 9.94. The summed E-state index contributed by atoms with van der Waals surface area (Å²) in [6.45, 7) is 0.850. The average molecular weight is 453 g/mol. The molecule has 2 aromatic rings. The molecule has 0 bridgehead atoms. The number of para-hydroxylation sites is 1. The summed E-state index contributed by atoms with van der Waals surface area (Å²) in [5, 5.41) is 11.2. The molecule has 1 amide bonds. The lowest BCUT2D eigenvalue weighted by Crippen LogP contribution is -2.36. The third-order valence-corrected chi connectivity index (χ3v) is 6.06. The SMILES string of the molecule is COc1ccc(C(O)=C2C(=O)C(=O)N(C[C@@H]3CCCO3)[C@H]2c2cccc(OC)c2OC)cc1. The molecule has 0 aliphatic carbocycles. The highest BCUT2D eigenvalue weighted by atomic mass is 16.5. The molecule has 0 radical (unpaired) electrons. The van der Waals surface area contributed by atoms with E-state index in [-0.39, 0.29) is 24.0 Å². The third-order valence-electron chi connectivity index (χ3n) is 6.06. The lowest BCUT2D eigenvalue weighted by Gasteiger charge is -2.28. The van der Waals surface area contributed by atoms with E-state index in [9.17, 15) is 14.7 Å². The van der Waals surface area contributed by atoms with Crippen LogP contribution in [0.5, 0.6) is 17.2 Å². The van der Waals surface area contributed by atoms with Crippen molar-refractivity contribution in [3.05, 3.63) is 59.2 Å². The molecule has 0 unspecified atom stereocenters. The number of aliphatic hydroxyl groups excluding tert-OH is 1. The van der Waals surface area contributed by atoms with Gasteiger partial charge in [0.05, 0.1) is 39.0 Å². The van der Waals surface area contributed by atoms with Crippen LogP contribution in [0.25, 0.3) is 5.76 Å². The quantitative estimate of drug-likeness (QED) is 0.390. The number of rotatable bonds is 7. The fourth-order valence-corrected chi connectivity index (χ4v) is 4.43. The zero-order chi connectivity index (χ0) is 23.5. The molecule has 0 aromatic heterocycles. The Hall–Kier alpha value is -3.52. The van der Waals surface area contributed by atoms with Crippen molar-refractivity contribution in [2.75, 3.05) is 34.5 Å². The molecule has 174 valence electrons. The minimum atomic E-state index is -0.860. The Morgan fingerprint density at radius 1 is 1.06 bits per heavy atom. The summed E-state index contributed by atoms with van der Waals surface area (Å²) < 4.78 is 22.0. The van der Waals surface area contributed by atoms with Crippen LogP contribution in [-0.4, -0.2) is 62.3 Å². The number of carbonyl (C=O) groups excluding carboxylic acids is 2. The number of ketones is 1. The van der Waals surface area contributed by atoms with E-state index in [1.165, 1.54) is 19.1 Å². The van der Waals surface area contributed by atoms with Crippen LogP contribution in [0.2, 0.25) is 0 Å². The first-order chi connectivity index (χ1) is 16.0. The number of hydrogen-bond donors (Lipinski definition) is 1. The second-order valence-corrected chi connectivity index (χ2v) is 7.90. The van der Waals surface area contributed by atoms with Gasteiger partial charge in [-0.2, -0.15) is 0 Å². The van der Waals surface area contributed by atoms with Crippen LogP contribution in [0, 0.1) is 0 Å². The van der Waals surface area contributed by atoms with Crippen LogP contribution in [0.4, 0.5) is 0 Å². The Labute approximate surface area is 192 Å². The highest BCUT2D eigenvalue weighted by Gasteiger charge is 2.48. The summed E-state index contributed by atoms with van der Waals surface area (Å²) in [7, 11) is 4.56. The van der Waals surface area contributed by atoms with Gasteiger partial charge in [0.25, 0.3) is 11.7 Å². The Balaban J connectivity index is 1.88. The zero-order valence-electron chi connectivity index (χ0n) is 18.9. The summed E-state index contributed by atoms with van der Waals surface area (Å²) in [5.74, 6) is -0.240. The summed E-state index contributed by atoms with van der Waals surface area (Å²) in [6, 6.07) is 11.0. The molecule has 2 fully saturated rings. The molecule has 2 aliphatic heterocycles. The molecule has 0 spiro atoms. The first-order valence-electron chi connectivity index (χ1n) is 10.8. The molecule has 2 atom stereocenters. The van der Waals surface area contributed by atoms with Gasteiger partial charge in [0.2, 0.25) is 0 Å². The third kappa shape index (κ3) is 4.14. The highest BCUT2D eigenvalue weighted by molar-refractivity contribution is 6.46. The van der Waals surface area contributed by atoms with Gasteiger partial charge in [-0.15, -0.1) is 0 Å². The number of benzene rings is 2. The molecule has 1 N–H and O–H groups in total. The molecular weight excluding hydrogens is 426 g/mol. The van der Waals surface area contributed by atoms with Crippen molar-refractivity contribution in [1.29, 1.82) is 0 Å². The fourth-order valence-electron chi connectivity index (χ4n) is 4.43. The van der Waals surface area contributed by atoms with Gasteiger partial charge in [0.1, 0.15) is 11.5 Å². The van der Waals surface area contributed by atoms with E-state index in [1.807, 2.05) is 0 Å². The summed E-state index contributed by atoms with van der Waals surface area (Å²) in [5.41, 5.74) is 0.941. The molecule has 0 saturated carbocycles. The molecule has 4 rings (SSSR count). The van der Waals surface area contributed by atoms with Crippen LogP contribution in [0.15, 0.2) is 48.0 Å². The first kappa shape index (κ1) is 22.7. The normalized spacial score (nSPS) is 22.0. The Morgan fingerprint density at radius 2 is 1.82 bits per heavy atom. The van der Waals surface area contributed by atoms with Crippen molar-refractivity contribution in [3.8, 4) is 17.2 Å². The number of nitrogens with zero attached hydrogens (tertiary/aromatic N) is 1. The Morgan fingerprint density at radius 3 is 2.42 bits per heavy atom. The molecule has 8 nitrogen and oxygen atoms in total. The highest BCUT2D eigenvalue weighted by Crippen LogP contribution is 2.45. The monoisotopic (exact) mass is 453 g/mol. The number of aliphatic hydroxyl groups is 1. The van der Waals surface area contributed by atoms with E-state index in [2.05, 4.69) is 0 Å². The molecule has 2 heterocycles. The smallest absolute Gasteiger partial charge is 0.295 e. The standard InChI is InChI=1S/C25H27NO7/c1-30-16-11-9-15(10-12-16)22(27)20-21(18-7-4-8-19(31-2)24(18)32-3)26(25(29)23(20)28)14-17-6-5-13-33-17/h4,7-12,17,21,27H,5-6,13-14H2,1-3H3/t17-,21-/m0/s1. The van der Waals surface area contributed by atoms with Crippen LogP contribution in [-0.2, 0) is 14.3 Å². The molecule has 33 heavy (non-hydrogen) atoms. The topological polar surface area (TPSA) is 94.5 Å². The molecule has 2 aliphatic rings. The van der Waals surface area contributed by atoms with Gasteiger partial charge in [-0.05, 0) is 43.2 Å². The van der Waals surface area contributed by atoms with E-state index in [1.54, 1.807) is 49.6 Å². The molecular formula is C25H27NO7. The largest absolute Gasteiger partial charge is 0.507 e. The van der Waals surface area contributed by atoms with E-state index in [0.717, 1.165) is 12.8 Å². The summed E-state index contributed by atoms with van der Waals surface area (Å²) in [4.78, 5) is 27.8. The van der Waals surface area contributed by atoms with Crippen molar-refractivity contribution in [2.24, 2.45) is 0 Å². The van der Waals surface area contributed by atoms with Crippen molar-refractivity contribution in [3.63, 3.8) is 0 Å². The van der Waals surface area contributed by atoms with Crippen LogP contribution < -0.4 is 14.2 Å². The van der Waals surface area contributed by atoms with Crippen LogP contribution in [0.3, 0.4) is 0 Å². The molecule has 2 saturated heterocycles. The lowest BCUT2D eigenvalue weighted by molar-refractivity contribution is -0.140. The van der Waals surface area contributed by atoms with Gasteiger partial charge in [-0.25, -0.2) is 0 Å². The number of likely N-dealkylation sites (tertiary alicyclic amines) is 1. The number of hydrogen-bond acceptors (Lipinski definition) is 7. The first-order valence-corrected chi connectivity index (χ1v) is 10.8. The van der Waals surface area contributed by atoms with Crippen molar-refractivity contribution in [2.45, 2.75) is 25.0 Å². The summed E-state index contributed by atoms with van der Waals surface area (Å²) in [6.07, 6.45) is 1.51. The van der Waals surface area contributed by atoms with Gasteiger partial charge in [-0.3, -0.25) is 9.59 Å². The Bertz CT molecular complexity index is 1070. The van der Waals surface area contributed by atoms with Crippen molar-refractivity contribution < 1.29 is 33.6 Å². The maximum absolute atomic E-state index is 13.2. The number of methoxy groups -OCH3 is 3. The predicted octanol–water partition coefficient (Wildman–Crippen LogP) is 3.31. The minimum absolute atomic E-state index is 0.00489. The second kappa shape index (κ2) is 9.54. The zero-order valence-corrected chi connectivity index (χ0v) is 18.9. The van der Waals surface area contributed by atoms with Gasteiger partial charge in [0.15, 0.2) is 11.5 Å². The second-order valence-electron chi connectivity index (χ2n) is 7.90. The van der Waals surface area contributed by atoms with Gasteiger partial charge < -0.3 is 29.0 Å². The predicted molar refractivity (Wildman–Crippen MR) is 121 cm³/mol. The van der Waals surface area contributed by atoms with E-state index < -0.39 is 17.7 Å². The van der Waals surface area contributed by atoms with Crippen LogP contribution in [0.1, 0.15) is 30.0 Å². The average Bonchev–Trinajstić information content (AvgIpc) is 3.45. The van der Waals surface area contributed by atoms with E-state index in [4.69, 9.17) is 18.9 Å². The van der Waals surface area contributed by atoms with Crippen molar-refractivity contribution >= 4 is 17.4 Å². The maximum atomic E-state index is 13.2. The number of Topliss-reactive ketones (excluding diaryl/α,β-unsaturated/α-hetero) is 1. The van der Waals surface area contributed by atoms with Gasteiger partial charge >= 0.3 is 0 Å². The van der Waals surface area contributed by atoms with Crippen molar-refractivity contribution in [1.82, 2.24) is 4.90 Å². The maximum Gasteiger partial charge on any atom is 0.295 e. The summed E-state index contributed by atoms with van der Waals surface area (Å²) >= 11 is 0. The Kier molecular flexibility index (Phi) is 6.55. The van der Waals surface area contributed by atoms with E-state index >= 15 is 0 Å². The van der Waals surface area contributed by atoms with Gasteiger partial charge in [0, 0.05) is 24.3 Å². The molecule has 2 aromatic carbocycles. The fraction of sp³-hybridized carbons (Fsp3) is 0.360. The van der Waals surface area contributed by atoms with Crippen LogP contribution >= 0.6 is 0 Å². The number of amides is 1.